The van der Waals surface area contributed by atoms with E-state index < -0.39 is 40.2 Å². The van der Waals surface area contributed by atoms with Gasteiger partial charge in [0.25, 0.3) is 0 Å². The number of benzene rings is 1. The summed E-state index contributed by atoms with van der Waals surface area (Å²) in [5.41, 5.74) is -5.41. The summed E-state index contributed by atoms with van der Waals surface area (Å²) in [5, 5.41) is 0. The van der Waals surface area contributed by atoms with Crippen molar-refractivity contribution in [1.82, 2.24) is 4.72 Å². The average molecular weight is 437 g/mol. The van der Waals surface area contributed by atoms with Gasteiger partial charge < -0.3 is 14.2 Å². The molecule has 0 unspecified atom stereocenters. The van der Waals surface area contributed by atoms with Crippen LogP contribution in [0.2, 0.25) is 0 Å². The molecule has 0 spiro atoms. The summed E-state index contributed by atoms with van der Waals surface area (Å²) < 4.78 is 73.0. The van der Waals surface area contributed by atoms with E-state index in [2.05, 4.69) is 17.9 Å². The van der Waals surface area contributed by atoms with Crippen LogP contribution in [0.4, 0.5) is 18.0 Å². The molecule has 0 radical (unpaired) electrons. The van der Waals surface area contributed by atoms with Gasteiger partial charge >= 0.3 is 33.6 Å². The Balaban J connectivity index is 2.85. The van der Waals surface area contributed by atoms with Crippen LogP contribution in [0.25, 0.3) is 0 Å². The fourth-order valence-electron chi connectivity index (χ4n) is 1.67. The summed E-state index contributed by atoms with van der Waals surface area (Å²) in [7, 11) is -5.90. The van der Waals surface area contributed by atoms with Gasteiger partial charge in [-0.05, 0) is 17.7 Å². The Bertz CT molecular complexity index is 884. The number of esters is 2. The van der Waals surface area contributed by atoms with Gasteiger partial charge in [0.05, 0.1) is 6.61 Å². The van der Waals surface area contributed by atoms with E-state index in [0.29, 0.717) is 4.72 Å². The molecule has 0 aliphatic rings. The molecule has 0 aliphatic carbocycles. The van der Waals surface area contributed by atoms with Crippen LogP contribution in [0.3, 0.4) is 0 Å². The highest BCUT2D eigenvalue weighted by molar-refractivity contribution is 7.90. The van der Waals surface area contributed by atoms with Crippen LogP contribution in [0.5, 0.6) is 11.5 Å². The molecule has 0 bridgehead atoms. The van der Waals surface area contributed by atoms with Crippen LogP contribution < -0.4 is 14.2 Å². The number of nitrogens with one attached hydrogen (secondary N) is 1. The van der Waals surface area contributed by atoms with Crippen molar-refractivity contribution in [2.75, 3.05) is 6.61 Å². The fourth-order valence-corrected chi connectivity index (χ4v) is 2.06. The number of ether oxygens (including phenoxy) is 3. The van der Waals surface area contributed by atoms with Gasteiger partial charge in [-0.25, -0.2) is 19.1 Å². The molecule has 1 N–H and O–H groups in total. The van der Waals surface area contributed by atoms with Crippen molar-refractivity contribution in [2.24, 2.45) is 0 Å². The lowest BCUT2D eigenvalue weighted by Crippen LogP contribution is -2.40. The third kappa shape index (κ3) is 7.65. The van der Waals surface area contributed by atoms with Crippen molar-refractivity contribution < 1.29 is 50.2 Å². The highest BCUT2D eigenvalue weighted by atomic mass is 32.2. The average Bonchev–Trinajstić information content (AvgIpc) is 2.59. The molecular formula is C16H14F3NO8S. The van der Waals surface area contributed by atoms with Crippen molar-refractivity contribution in [3.05, 3.63) is 49.1 Å². The number of rotatable bonds is 8. The SMILES string of the molecule is C=CC(=O)Oc1cc(CCOC(=O)NS(=O)(=O)C(F)(F)F)cc(OC(=O)C=C)c1. The first kappa shape index (κ1) is 23.7. The molecule has 158 valence electrons. The summed E-state index contributed by atoms with van der Waals surface area (Å²) in [6.45, 7) is 5.88. The zero-order chi connectivity index (χ0) is 22.2. The number of hydrogen-bond donors (Lipinski definition) is 1. The molecule has 0 aromatic heterocycles. The Hall–Kier alpha value is -3.35. The lowest BCUT2D eigenvalue weighted by atomic mass is 10.1. The molecule has 0 heterocycles. The maximum atomic E-state index is 12.2. The third-order valence-corrected chi connectivity index (χ3v) is 3.90. The first-order chi connectivity index (χ1) is 13.4. The summed E-state index contributed by atoms with van der Waals surface area (Å²) in [5.74, 6) is -1.78. The molecule has 0 aliphatic heterocycles. The lowest BCUT2D eigenvalue weighted by molar-refractivity contribution is -0.129. The van der Waals surface area contributed by atoms with Crippen LogP contribution >= 0.6 is 0 Å². The number of sulfonamides is 1. The maximum Gasteiger partial charge on any atom is 0.516 e. The lowest BCUT2D eigenvalue weighted by Gasteiger charge is -2.11. The monoisotopic (exact) mass is 437 g/mol. The molecule has 1 aromatic carbocycles. The predicted octanol–water partition coefficient (Wildman–Crippen LogP) is 1.99. The quantitative estimate of drug-likeness (QED) is 0.372. The highest BCUT2D eigenvalue weighted by Gasteiger charge is 2.47. The van der Waals surface area contributed by atoms with Crippen LogP contribution in [-0.4, -0.2) is 38.6 Å². The summed E-state index contributed by atoms with van der Waals surface area (Å²) in [4.78, 5) is 33.8. The van der Waals surface area contributed by atoms with Crippen LogP contribution in [0.15, 0.2) is 43.5 Å². The Labute approximate surface area is 162 Å². The topological polar surface area (TPSA) is 125 Å². The normalized spacial score (nSPS) is 11.1. The first-order valence-electron chi connectivity index (χ1n) is 7.46. The van der Waals surface area contributed by atoms with E-state index in [1.165, 1.54) is 18.2 Å². The van der Waals surface area contributed by atoms with Crippen LogP contribution in [-0.2, 0) is 30.8 Å². The van der Waals surface area contributed by atoms with Gasteiger partial charge in [-0.3, -0.25) is 0 Å². The predicted molar refractivity (Wildman–Crippen MR) is 91.3 cm³/mol. The van der Waals surface area contributed by atoms with Crippen molar-refractivity contribution in [2.45, 2.75) is 11.9 Å². The molecular weight excluding hydrogens is 423 g/mol. The van der Waals surface area contributed by atoms with E-state index in [9.17, 15) is 36.0 Å². The summed E-state index contributed by atoms with van der Waals surface area (Å²) in [6, 6.07) is 3.77. The molecule has 13 heteroatoms. The van der Waals surface area contributed by atoms with E-state index in [0.717, 1.165) is 12.2 Å². The second-order valence-electron chi connectivity index (χ2n) is 5.00. The second-order valence-corrected chi connectivity index (χ2v) is 6.67. The molecule has 0 saturated heterocycles. The van der Waals surface area contributed by atoms with Crippen molar-refractivity contribution in [3.63, 3.8) is 0 Å². The molecule has 29 heavy (non-hydrogen) atoms. The molecule has 1 rings (SSSR count). The Morgan fingerprint density at radius 2 is 1.48 bits per heavy atom. The van der Waals surface area contributed by atoms with Gasteiger partial charge in [-0.2, -0.15) is 21.6 Å². The van der Waals surface area contributed by atoms with Crippen LogP contribution in [0.1, 0.15) is 5.56 Å². The molecule has 0 atom stereocenters. The number of hydrogen-bond acceptors (Lipinski definition) is 8. The van der Waals surface area contributed by atoms with Gasteiger partial charge in [0.15, 0.2) is 0 Å². The van der Waals surface area contributed by atoms with E-state index >= 15 is 0 Å². The maximum absolute atomic E-state index is 12.2. The number of amides is 1. The van der Waals surface area contributed by atoms with Gasteiger partial charge in [-0.15, -0.1) is 0 Å². The smallest absolute Gasteiger partial charge is 0.449 e. The zero-order valence-corrected chi connectivity index (χ0v) is 15.3. The molecule has 0 saturated carbocycles. The van der Waals surface area contributed by atoms with Crippen molar-refractivity contribution in [1.29, 1.82) is 0 Å². The third-order valence-electron chi connectivity index (χ3n) is 2.86. The summed E-state index contributed by atoms with van der Waals surface area (Å²) >= 11 is 0. The summed E-state index contributed by atoms with van der Waals surface area (Å²) in [6.07, 6.45) is -0.250. The van der Waals surface area contributed by atoms with Crippen LogP contribution in [0, 0.1) is 0 Å². The Kier molecular flexibility index (Phi) is 7.95. The number of carbonyl (C=O) groups is 3. The molecule has 0 fully saturated rings. The Morgan fingerprint density at radius 3 is 1.90 bits per heavy atom. The van der Waals surface area contributed by atoms with Crippen molar-refractivity contribution in [3.8, 4) is 11.5 Å². The van der Waals surface area contributed by atoms with E-state index in [1.807, 2.05) is 0 Å². The van der Waals surface area contributed by atoms with E-state index in [-0.39, 0.29) is 23.5 Å². The Morgan fingerprint density at radius 1 is 1.00 bits per heavy atom. The zero-order valence-electron chi connectivity index (χ0n) is 14.5. The standard InChI is InChI=1S/C16H14F3NO8S/c1-3-13(21)27-11-7-10(8-12(9-11)28-14(22)4-2)5-6-26-15(23)20-29(24,25)16(17,18)19/h3-4,7-9H,1-2,5-6H2,(H,20,23). The molecule has 1 amide bonds. The highest BCUT2D eigenvalue weighted by Crippen LogP contribution is 2.24. The number of alkyl halides is 3. The second kappa shape index (κ2) is 9.73. The van der Waals surface area contributed by atoms with E-state index in [4.69, 9.17) is 9.47 Å². The largest absolute Gasteiger partial charge is 0.516 e. The van der Waals surface area contributed by atoms with Gasteiger partial charge in [-0.1, -0.05) is 13.2 Å². The number of carbonyl (C=O) groups excluding carboxylic acids is 3. The fraction of sp³-hybridized carbons (Fsp3) is 0.188. The minimum absolute atomic E-state index is 0.0663. The molecule has 9 nitrogen and oxygen atoms in total. The van der Waals surface area contributed by atoms with E-state index in [1.54, 1.807) is 0 Å². The minimum atomic E-state index is -5.90. The van der Waals surface area contributed by atoms with Gasteiger partial charge in [0.2, 0.25) is 0 Å². The minimum Gasteiger partial charge on any atom is -0.449 e. The molecule has 1 aromatic rings. The van der Waals surface area contributed by atoms with Crippen molar-refractivity contribution >= 4 is 28.1 Å². The van der Waals surface area contributed by atoms with Gasteiger partial charge in [0, 0.05) is 24.6 Å². The number of halogens is 3. The van der Waals surface area contributed by atoms with Gasteiger partial charge in [0.1, 0.15) is 11.5 Å². The first-order valence-corrected chi connectivity index (χ1v) is 8.94.